The number of hydrogen-bond donors (Lipinski definition) is 2. The zero-order valence-electron chi connectivity index (χ0n) is 15.4. The fraction of sp³-hybridized carbons (Fsp3) is 0.409. The van der Waals surface area contributed by atoms with Crippen LogP contribution in [0.25, 0.3) is 0 Å². The van der Waals surface area contributed by atoms with Gasteiger partial charge < -0.3 is 4.90 Å². The predicted molar refractivity (Wildman–Crippen MR) is 111 cm³/mol. The summed E-state index contributed by atoms with van der Waals surface area (Å²) in [7, 11) is 0. The summed E-state index contributed by atoms with van der Waals surface area (Å²) >= 11 is 3.53. The zero-order chi connectivity index (χ0) is 18.6. The quantitative estimate of drug-likeness (QED) is 0.781. The molecule has 27 heavy (non-hydrogen) atoms. The number of likely N-dealkylation sites (tertiary alicyclic amines) is 1. The van der Waals surface area contributed by atoms with Gasteiger partial charge in [0.2, 0.25) is 5.91 Å². The second kappa shape index (κ2) is 8.55. The van der Waals surface area contributed by atoms with Gasteiger partial charge in [0, 0.05) is 24.1 Å². The molecule has 2 N–H and O–H groups in total. The van der Waals surface area contributed by atoms with Gasteiger partial charge in [-0.15, -0.1) is 0 Å². The van der Waals surface area contributed by atoms with Crippen molar-refractivity contribution >= 4 is 21.8 Å². The topological polar surface area (TPSA) is 44.4 Å². The molecule has 0 radical (unpaired) electrons. The summed E-state index contributed by atoms with van der Waals surface area (Å²) in [4.78, 5) is 15.2. The van der Waals surface area contributed by atoms with Crippen LogP contribution in [-0.4, -0.2) is 30.4 Å². The van der Waals surface area contributed by atoms with Gasteiger partial charge in [0.25, 0.3) is 0 Å². The van der Waals surface area contributed by atoms with Crippen LogP contribution < -0.4 is 10.9 Å². The Bertz CT molecular complexity index is 774. The van der Waals surface area contributed by atoms with Crippen molar-refractivity contribution in [3.63, 3.8) is 0 Å². The Morgan fingerprint density at radius 3 is 2.59 bits per heavy atom. The van der Waals surface area contributed by atoms with Crippen molar-refractivity contribution in [1.29, 1.82) is 0 Å². The zero-order valence-corrected chi connectivity index (χ0v) is 17.0. The third-order valence-corrected chi connectivity index (χ3v) is 6.29. The molecule has 0 aliphatic carbocycles. The first kappa shape index (κ1) is 18.7. The highest BCUT2D eigenvalue weighted by Crippen LogP contribution is 2.30. The lowest BCUT2D eigenvalue weighted by molar-refractivity contribution is -0.136. The molecule has 0 aromatic heterocycles. The fourth-order valence-corrected chi connectivity index (χ4v) is 4.70. The first-order valence-corrected chi connectivity index (χ1v) is 10.6. The van der Waals surface area contributed by atoms with E-state index < -0.39 is 0 Å². The summed E-state index contributed by atoms with van der Waals surface area (Å²) in [5, 5.41) is 0. The Morgan fingerprint density at radius 2 is 1.85 bits per heavy atom. The smallest absolute Gasteiger partial charge is 0.229 e. The fourth-order valence-electron chi connectivity index (χ4n) is 4.28. The average Bonchev–Trinajstić information content (AvgIpc) is 3.19. The van der Waals surface area contributed by atoms with Gasteiger partial charge in [-0.2, -0.15) is 0 Å². The molecule has 2 saturated heterocycles. The molecule has 2 heterocycles. The lowest BCUT2D eigenvalue weighted by Gasteiger charge is -2.34. The Kier molecular flexibility index (Phi) is 5.91. The molecule has 4 nitrogen and oxygen atoms in total. The molecular formula is C22H26BrN3O. The van der Waals surface area contributed by atoms with Crippen molar-refractivity contribution in [2.75, 3.05) is 19.6 Å². The maximum Gasteiger partial charge on any atom is 0.229 e. The highest BCUT2D eigenvalue weighted by atomic mass is 79.9. The molecule has 142 valence electrons. The molecule has 2 atom stereocenters. The summed E-state index contributed by atoms with van der Waals surface area (Å²) in [6.07, 6.45) is 3.31. The van der Waals surface area contributed by atoms with Crippen LogP contribution in [0.2, 0.25) is 0 Å². The monoisotopic (exact) mass is 427 g/mol. The number of hydrogen-bond acceptors (Lipinski definition) is 3. The first-order chi connectivity index (χ1) is 13.2. The van der Waals surface area contributed by atoms with Crippen molar-refractivity contribution in [2.24, 2.45) is 11.8 Å². The van der Waals surface area contributed by atoms with Crippen LogP contribution >= 0.6 is 15.9 Å². The Hall–Kier alpha value is -1.69. The minimum absolute atomic E-state index is 0.0250. The predicted octanol–water partition coefficient (Wildman–Crippen LogP) is 3.70. The minimum Gasteiger partial charge on any atom is -0.342 e. The van der Waals surface area contributed by atoms with Gasteiger partial charge >= 0.3 is 0 Å². The molecule has 2 aliphatic rings. The van der Waals surface area contributed by atoms with Gasteiger partial charge in [-0.25, -0.2) is 5.43 Å². The SMILES string of the molecule is O=C(C1CNNC1c1cccc(Br)c1)N1CCC(Cc2ccccc2)CC1. The highest BCUT2D eigenvalue weighted by molar-refractivity contribution is 9.10. The maximum absolute atomic E-state index is 13.2. The van der Waals surface area contributed by atoms with Crippen LogP contribution in [0.1, 0.15) is 30.0 Å². The number of nitrogens with one attached hydrogen (secondary N) is 2. The number of carbonyl (C=O) groups is 1. The van der Waals surface area contributed by atoms with E-state index in [9.17, 15) is 4.79 Å². The maximum atomic E-state index is 13.2. The normalized spacial score (nSPS) is 23.5. The molecule has 4 rings (SSSR count). The van der Waals surface area contributed by atoms with Gasteiger partial charge in [0.1, 0.15) is 0 Å². The van der Waals surface area contributed by atoms with E-state index in [0.29, 0.717) is 12.5 Å². The van der Waals surface area contributed by atoms with Gasteiger partial charge in [0.05, 0.1) is 12.0 Å². The molecule has 2 fully saturated rings. The van der Waals surface area contributed by atoms with E-state index in [4.69, 9.17) is 0 Å². The third kappa shape index (κ3) is 4.42. The molecule has 2 aliphatic heterocycles. The molecule has 2 aromatic carbocycles. The number of rotatable bonds is 4. The summed E-state index contributed by atoms with van der Waals surface area (Å²) in [6.45, 7) is 2.43. The van der Waals surface area contributed by atoms with Crippen molar-refractivity contribution in [1.82, 2.24) is 15.8 Å². The second-order valence-corrected chi connectivity index (χ2v) is 8.54. The van der Waals surface area contributed by atoms with E-state index in [1.807, 2.05) is 12.1 Å². The van der Waals surface area contributed by atoms with Crippen molar-refractivity contribution in [2.45, 2.75) is 25.3 Å². The van der Waals surface area contributed by atoms with E-state index >= 15 is 0 Å². The molecule has 5 heteroatoms. The first-order valence-electron chi connectivity index (χ1n) is 9.77. The Balaban J connectivity index is 1.36. The van der Waals surface area contributed by atoms with Crippen LogP contribution in [0.15, 0.2) is 59.1 Å². The number of benzene rings is 2. The molecule has 0 saturated carbocycles. The van der Waals surface area contributed by atoms with E-state index in [1.165, 1.54) is 5.56 Å². The standard InChI is InChI=1S/C22H26BrN3O/c23-19-8-4-7-18(14-19)21-20(15-24-25-21)22(27)26-11-9-17(10-12-26)13-16-5-2-1-3-6-16/h1-8,14,17,20-21,24-25H,9-13,15H2. The molecule has 2 unspecified atom stereocenters. The molecule has 0 bridgehead atoms. The Morgan fingerprint density at radius 1 is 1.07 bits per heavy atom. The van der Waals surface area contributed by atoms with Crippen molar-refractivity contribution in [3.05, 3.63) is 70.2 Å². The van der Waals surface area contributed by atoms with E-state index in [1.54, 1.807) is 0 Å². The number of halogens is 1. The number of carbonyl (C=O) groups excluding carboxylic acids is 1. The van der Waals surface area contributed by atoms with Crippen molar-refractivity contribution in [3.8, 4) is 0 Å². The molecular weight excluding hydrogens is 402 g/mol. The van der Waals surface area contributed by atoms with Gasteiger partial charge in [-0.1, -0.05) is 58.4 Å². The van der Waals surface area contributed by atoms with Gasteiger partial charge in [-0.3, -0.25) is 10.2 Å². The van der Waals surface area contributed by atoms with Crippen LogP contribution in [-0.2, 0) is 11.2 Å². The lowest BCUT2D eigenvalue weighted by Crippen LogP contribution is -2.44. The average molecular weight is 428 g/mol. The second-order valence-electron chi connectivity index (χ2n) is 7.62. The van der Waals surface area contributed by atoms with E-state index in [2.05, 4.69) is 74.1 Å². The van der Waals surface area contributed by atoms with E-state index in [0.717, 1.165) is 42.4 Å². The van der Waals surface area contributed by atoms with Crippen molar-refractivity contribution < 1.29 is 4.79 Å². The summed E-state index contributed by atoms with van der Waals surface area (Å²) in [5.41, 5.74) is 9.03. The number of hydrazine groups is 1. The van der Waals surface area contributed by atoms with Crippen LogP contribution in [0.3, 0.4) is 0 Å². The lowest BCUT2D eigenvalue weighted by atomic mass is 9.88. The number of amides is 1. The third-order valence-electron chi connectivity index (χ3n) is 5.80. The summed E-state index contributed by atoms with van der Waals surface area (Å²) in [5.74, 6) is 0.901. The largest absolute Gasteiger partial charge is 0.342 e. The Labute approximate surface area is 169 Å². The van der Waals surface area contributed by atoms with Gasteiger partial charge in [0.15, 0.2) is 0 Å². The highest BCUT2D eigenvalue weighted by Gasteiger charge is 2.37. The summed E-state index contributed by atoms with van der Waals surface area (Å²) in [6, 6.07) is 18.9. The molecule has 0 spiro atoms. The molecule has 2 aromatic rings. The van der Waals surface area contributed by atoms with Crippen LogP contribution in [0, 0.1) is 11.8 Å². The van der Waals surface area contributed by atoms with Gasteiger partial charge in [-0.05, 0) is 48.4 Å². The van der Waals surface area contributed by atoms with E-state index in [-0.39, 0.29) is 17.9 Å². The minimum atomic E-state index is -0.0510. The number of piperidine rings is 1. The van der Waals surface area contributed by atoms with Crippen LogP contribution in [0.5, 0.6) is 0 Å². The number of nitrogens with zero attached hydrogens (tertiary/aromatic N) is 1. The van der Waals surface area contributed by atoms with Crippen LogP contribution in [0.4, 0.5) is 0 Å². The summed E-state index contributed by atoms with van der Waals surface area (Å²) < 4.78 is 1.04. The molecule has 1 amide bonds.